The van der Waals surface area contributed by atoms with Crippen LogP contribution in [0.2, 0.25) is 0 Å². The molecule has 0 aromatic heterocycles. The van der Waals surface area contributed by atoms with Crippen molar-refractivity contribution >= 4 is 35.5 Å². The fourth-order valence-corrected chi connectivity index (χ4v) is 6.56. The highest BCUT2D eigenvalue weighted by Gasteiger charge is 2.42. The molecular weight excluding hydrogens is 547 g/mol. The van der Waals surface area contributed by atoms with Crippen molar-refractivity contribution in [3.8, 4) is 11.1 Å². The Balaban J connectivity index is 0.000000504. The smallest absolute Gasteiger partial charge is 0.417 e. The van der Waals surface area contributed by atoms with E-state index >= 15 is 0 Å². The molecule has 0 radical (unpaired) electrons. The molecule has 230 valence electrons. The number of thioether (sulfide) groups is 2. The van der Waals surface area contributed by atoms with Crippen molar-refractivity contribution in [3.63, 3.8) is 0 Å². The van der Waals surface area contributed by atoms with Crippen molar-refractivity contribution in [3.05, 3.63) is 60.2 Å². The normalized spacial score (nSPS) is 16.4. The Bertz CT molecular complexity index is 965. The van der Waals surface area contributed by atoms with E-state index in [1.165, 1.54) is 59.2 Å². The number of carbonyl (C=O) groups is 2. The number of benzene rings is 2. The third-order valence-corrected chi connectivity index (χ3v) is 8.71. The monoisotopic (exact) mass is 601 g/mol. The molecule has 2 aromatic rings. The lowest BCUT2D eigenvalue weighted by Crippen LogP contribution is -2.43. The molecule has 0 spiro atoms. The summed E-state index contributed by atoms with van der Waals surface area (Å²) in [7, 11) is 0. The zero-order chi connectivity index (χ0) is 30.7. The Hall–Kier alpha value is -1.92. The number of hydrogen-bond acceptors (Lipinski definition) is 5. The van der Waals surface area contributed by atoms with E-state index in [0.717, 1.165) is 11.1 Å². The van der Waals surface area contributed by atoms with Gasteiger partial charge >= 0.3 is 6.09 Å². The predicted molar refractivity (Wildman–Crippen MR) is 182 cm³/mol. The molecule has 1 aliphatic rings. The van der Waals surface area contributed by atoms with Crippen LogP contribution < -0.4 is 0 Å². The molecule has 1 unspecified atom stereocenters. The summed E-state index contributed by atoms with van der Waals surface area (Å²) in [5, 5.41) is 1.31. The zero-order valence-corrected chi connectivity index (χ0v) is 28.5. The van der Waals surface area contributed by atoms with E-state index in [1.54, 1.807) is 0 Å². The predicted octanol–water partition coefficient (Wildman–Crippen LogP) is 10.5. The van der Waals surface area contributed by atoms with Gasteiger partial charge in [-0.15, -0.1) is 0 Å². The second-order valence-electron chi connectivity index (χ2n) is 11.6. The maximum atomic E-state index is 12.5. The summed E-state index contributed by atoms with van der Waals surface area (Å²) in [6, 6.07) is 18.4. The van der Waals surface area contributed by atoms with Gasteiger partial charge in [-0.1, -0.05) is 108 Å². The summed E-state index contributed by atoms with van der Waals surface area (Å²) in [6.45, 7) is 16.1. The van der Waals surface area contributed by atoms with E-state index in [9.17, 15) is 9.59 Å². The number of unbranched alkanes of at least 4 members (excludes halogenated alkanes) is 2. The molecule has 3 rings (SSSR count). The first-order valence-corrected chi connectivity index (χ1v) is 17.7. The standard InChI is InChI=1S/C23H27NO3.C9H20S2.C3H8/c1-16-14-20(24(21(16)25)22(26)27-23(2,3)4)15-17-10-12-19(13-11-17)18-8-6-5-7-9-18;1-3-5-7-10-9-11-8-6-4-2;1-3-2/h5-13,16,20H,14-15H2,1-4H3;3-9H2,1-2H3;3H2,1-2H3/t16?,20-;;/m0../s1. The van der Waals surface area contributed by atoms with Crippen LogP contribution in [-0.2, 0) is 16.0 Å². The molecule has 4 nitrogen and oxygen atoms in total. The molecule has 2 aromatic carbocycles. The van der Waals surface area contributed by atoms with Crippen LogP contribution >= 0.6 is 23.5 Å². The van der Waals surface area contributed by atoms with Gasteiger partial charge in [0.2, 0.25) is 5.91 Å². The average molecular weight is 602 g/mol. The van der Waals surface area contributed by atoms with Crippen molar-refractivity contribution in [1.29, 1.82) is 0 Å². The van der Waals surface area contributed by atoms with Crippen molar-refractivity contribution < 1.29 is 14.3 Å². The summed E-state index contributed by atoms with van der Waals surface area (Å²) < 4.78 is 5.45. The first-order valence-electron chi connectivity index (χ1n) is 15.4. The number of nitrogens with zero attached hydrogens (tertiary/aromatic N) is 1. The number of amides is 2. The molecule has 1 aliphatic heterocycles. The Morgan fingerprint density at radius 1 is 0.878 bits per heavy atom. The molecular formula is C35H55NO3S2. The van der Waals surface area contributed by atoms with Gasteiger partial charge in [0.15, 0.2) is 0 Å². The van der Waals surface area contributed by atoms with Gasteiger partial charge in [-0.2, -0.15) is 23.5 Å². The second kappa shape index (κ2) is 20.9. The van der Waals surface area contributed by atoms with Crippen molar-refractivity contribution in [2.24, 2.45) is 5.92 Å². The van der Waals surface area contributed by atoms with Gasteiger partial charge in [-0.05, 0) is 74.7 Å². The zero-order valence-electron chi connectivity index (χ0n) is 26.9. The molecule has 0 aliphatic carbocycles. The van der Waals surface area contributed by atoms with Crippen LogP contribution in [0, 0.1) is 5.92 Å². The molecule has 1 saturated heterocycles. The fourth-order valence-electron chi connectivity index (χ4n) is 4.16. The lowest BCUT2D eigenvalue weighted by molar-refractivity contribution is -0.130. The Kier molecular flexibility index (Phi) is 18.9. The molecule has 6 heteroatoms. The number of rotatable bonds is 11. The molecule has 41 heavy (non-hydrogen) atoms. The summed E-state index contributed by atoms with van der Waals surface area (Å²) in [6.07, 6.45) is 7.47. The van der Waals surface area contributed by atoms with Gasteiger partial charge in [-0.25, -0.2) is 9.69 Å². The largest absolute Gasteiger partial charge is 0.443 e. The average Bonchev–Trinajstić information content (AvgIpc) is 3.21. The van der Waals surface area contributed by atoms with Crippen molar-refractivity contribution in [2.75, 3.05) is 16.6 Å². The molecule has 1 fully saturated rings. The summed E-state index contributed by atoms with van der Waals surface area (Å²) in [4.78, 5) is 26.4. The Morgan fingerprint density at radius 3 is 1.88 bits per heavy atom. The van der Waals surface area contributed by atoms with E-state index in [-0.39, 0.29) is 17.9 Å². The quantitative estimate of drug-likeness (QED) is 0.189. The minimum atomic E-state index is -0.620. The summed E-state index contributed by atoms with van der Waals surface area (Å²) >= 11 is 4.18. The van der Waals surface area contributed by atoms with E-state index in [2.05, 4.69) is 87.6 Å². The topological polar surface area (TPSA) is 46.6 Å². The molecule has 2 amide bonds. The van der Waals surface area contributed by atoms with Crippen LogP contribution in [-0.4, -0.2) is 45.1 Å². The van der Waals surface area contributed by atoms with Gasteiger partial charge < -0.3 is 4.74 Å². The van der Waals surface area contributed by atoms with Crippen molar-refractivity contribution in [2.45, 2.75) is 112 Å². The molecule has 2 atom stereocenters. The minimum Gasteiger partial charge on any atom is -0.443 e. The van der Waals surface area contributed by atoms with E-state index in [0.29, 0.717) is 12.8 Å². The first-order chi connectivity index (χ1) is 19.6. The van der Waals surface area contributed by atoms with Crippen LogP contribution in [0.3, 0.4) is 0 Å². The van der Waals surface area contributed by atoms with E-state index in [4.69, 9.17) is 4.74 Å². The van der Waals surface area contributed by atoms with Gasteiger partial charge in [0.25, 0.3) is 0 Å². The highest BCUT2D eigenvalue weighted by Crippen LogP contribution is 2.29. The van der Waals surface area contributed by atoms with Gasteiger partial charge in [0.1, 0.15) is 5.60 Å². The number of ether oxygens (including phenoxy) is 1. The molecule has 0 bridgehead atoms. The van der Waals surface area contributed by atoms with Gasteiger partial charge in [0.05, 0.1) is 0 Å². The maximum absolute atomic E-state index is 12.5. The number of likely N-dealkylation sites (tertiary alicyclic amines) is 1. The maximum Gasteiger partial charge on any atom is 0.417 e. The minimum absolute atomic E-state index is 0.143. The second-order valence-corrected chi connectivity index (χ2v) is 14.2. The van der Waals surface area contributed by atoms with Gasteiger partial charge in [0, 0.05) is 17.0 Å². The van der Waals surface area contributed by atoms with Crippen LogP contribution in [0.4, 0.5) is 4.79 Å². The third-order valence-electron chi connectivity index (χ3n) is 6.22. The SMILES string of the molecule is CC1C[C@@H](Cc2ccc(-c3ccccc3)cc2)N(C(=O)OC(C)(C)C)C1=O.CCC.CCCCSCSCCCC. The summed E-state index contributed by atoms with van der Waals surface area (Å²) in [5.41, 5.74) is 2.81. The number of imide groups is 1. The van der Waals surface area contributed by atoms with Crippen LogP contribution in [0.1, 0.15) is 99.5 Å². The van der Waals surface area contributed by atoms with E-state index in [1.807, 2.05) is 45.9 Å². The number of carbonyl (C=O) groups excluding carboxylic acids is 2. The fraction of sp³-hybridized carbons (Fsp3) is 0.600. The van der Waals surface area contributed by atoms with Crippen LogP contribution in [0.15, 0.2) is 54.6 Å². The van der Waals surface area contributed by atoms with Gasteiger partial charge in [-0.3, -0.25) is 4.79 Å². The summed E-state index contributed by atoms with van der Waals surface area (Å²) in [5.74, 6) is 2.41. The molecule has 0 saturated carbocycles. The molecule has 1 heterocycles. The van der Waals surface area contributed by atoms with Crippen LogP contribution in [0.25, 0.3) is 11.1 Å². The molecule has 0 N–H and O–H groups in total. The Morgan fingerprint density at radius 2 is 1.39 bits per heavy atom. The lowest BCUT2D eigenvalue weighted by atomic mass is 9.98. The third kappa shape index (κ3) is 15.2. The first kappa shape index (κ1) is 37.1. The highest BCUT2D eigenvalue weighted by atomic mass is 32.2. The lowest BCUT2D eigenvalue weighted by Gasteiger charge is -2.27. The Labute approximate surface area is 259 Å². The van der Waals surface area contributed by atoms with Crippen molar-refractivity contribution in [1.82, 2.24) is 4.90 Å². The highest BCUT2D eigenvalue weighted by molar-refractivity contribution is 8.15. The van der Waals surface area contributed by atoms with Crippen LogP contribution in [0.5, 0.6) is 0 Å². The van der Waals surface area contributed by atoms with E-state index < -0.39 is 11.7 Å². The number of hydrogen-bond donors (Lipinski definition) is 0.